The van der Waals surface area contributed by atoms with E-state index < -0.39 is 11.9 Å². The smallest absolute Gasteiger partial charge is 0.330 e. The Hall–Kier alpha value is -3.45. The van der Waals surface area contributed by atoms with Crippen LogP contribution in [0.25, 0.3) is 0 Å². The molecule has 0 aromatic rings. The summed E-state index contributed by atoms with van der Waals surface area (Å²) in [5, 5.41) is 2.70. The van der Waals surface area contributed by atoms with Gasteiger partial charge in [-0.15, -0.1) is 0 Å². The van der Waals surface area contributed by atoms with E-state index in [1.165, 1.54) is 7.11 Å². The first-order chi connectivity index (χ1) is 19.1. The van der Waals surface area contributed by atoms with Crippen molar-refractivity contribution >= 4 is 17.8 Å². The summed E-state index contributed by atoms with van der Waals surface area (Å²) < 4.78 is 9.95. The summed E-state index contributed by atoms with van der Waals surface area (Å²) in [6, 6.07) is -0.230. The summed E-state index contributed by atoms with van der Waals surface area (Å²) >= 11 is 0. The van der Waals surface area contributed by atoms with Crippen LogP contribution < -0.4 is 5.32 Å². The van der Waals surface area contributed by atoms with Gasteiger partial charge in [0.2, 0.25) is 11.8 Å². The van der Waals surface area contributed by atoms with Gasteiger partial charge in [-0.1, -0.05) is 79.8 Å². The molecule has 1 heterocycles. The minimum Gasteiger partial charge on any atom is -0.466 e. The zero-order chi connectivity index (χ0) is 28.4. The van der Waals surface area contributed by atoms with E-state index in [9.17, 15) is 14.4 Å². The standard InChI is InChI=1S/C32H46N2O5/c1-3-4-5-6-7-8-9-10-11-12-13-14-15-16-17-18-19-20-21-22-31(36)34-25-26-39-28-29(34)27-33-30(35)23-24-32(37)38-2/h4-5,7-8,10-11,13-14,16-17,19-20,23-24,29H,3,6,9,12,15,18,21-22,25-28H2,1-2H3,(H,33,35)/b5-4-,8-7-,11-10-,14-13-,17-16-,20-19-,24-23+. The molecule has 1 atom stereocenters. The van der Waals surface area contributed by atoms with Crippen LogP contribution in [-0.4, -0.2) is 62.1 Å². The summed E-state index contributed by atoms with van der Waals surface area (Å²) in [6.45, 7) is 3.76. The van der Waals surface area contributed by atoms with E-state index in [-0.39, 0.29) is 18.5 Å². The molecule has 39 heavy (non-hydrogen) atoms. The van der Waals surface area contributed by atoms with E-state index in [0.717, 1.165) is 50.7 Å². The lowest BCUT2D eigenvalue weighted by Crippen LogP contribution is -2.53. The van der Waals surface area contributed by atoms with Crippen molar-refractivity contribution in [2.45, 2.75) is 64.3 Å². The maximum absolute atomic E-state index is 12.7. The molecule has 1 saturated heterocycles. The largest absolute Gasteiger partial charge is 0.466 e. The molecule has 1 aliphatic rings. The van der Waals surface area contributed by atoms with Crippen molar-refractivity contribution in [1.29, 1.82) is 0 Å². The monoisotopic (exact) mass is 538 g/mol. The van der Waals surface area contributed by atoms with Crippen LogP contribution in [0.4, 0.5) is 0 Å². The predicted molar refractivity (Wildman–Crippen MR) is 158 cm³/mol. The lowest BCUT2D eigenvalue weighted by molar-refractivity contribution is -0.140. The lowest BCUT2D eigenvalue weighted by Gasteiger charge is -2.35. The number of nitrogens with zero attached hydrogens (tertiary/aromatic N) is 1. The first-order valence-corrected chi connectivity index (χ1v) is 13.9. The molecule has 0 radical (unpaired) electrons. The number of rotatable bonds is 18. The van der Waals surface area contributed by atoms with Gasteiger partial charge in [0, 0.05) is 31.7 Å². The van der Waals surface area contributed by atoms with Gasteiger partial charge in [-0.2, -0.15) is 0 Å². The summed E-state index contributed by atoms with van der Waals surface area (Å²) in [6.07, 6.45) is 35.0. The van der Waals surface area contributed by atoms with Gasteiger partial charge in [-0.05, 0) is 44.9 Å². The Bertz CT molecular complexity index is 912. The molecule has 1 fully saturated rings. The minimum absolute atomic E-state index is 0.0437. The van der Waals surface area contributed by atoms with Gasteiger partial charge in [-0.3, -0.25) is 9.59 Å². The van der Waals surface area contributed by atoms with Crippen molar-refractivity contribution in [3.05, 3.63) is 85.1 Å². The van der Waals surface area contributed by atoms with Crippen LogP contribution in [0.5, 0.6) is 0 Å². The highest BCUT2D eigenvalue weighted by Crippen LogP contribution is 2.10. The second kappa shape index (κ2) is 23.7. The van der Waals surface area contributed by atoms with Gasteiger partial charge in [0.15, 0.2) is 0 Å². The van der Waals surface area contributed by atoms with Crippen LogP contribution in [0.15, 0.2) is 85.1 Å². The Morgan fingerprint density at radius 3 is 1.90 bits per heavy atom. The Labute approximate surface area is 234 Å². The molecule has 1 unspecified atom stereocenters. The van der Waals surface area contributed by atoms with Gasteiger partial charge < -0.3 is 19.7 Å². The molecular formula is C32H46N2O5. The molecule has 1 rings (SSSR count). The Morgan fingerprint density at radius 1 is 0.821 bits per heavy atom. The highest BCUT2D eigenvalue weighted by Gasteiger charge is 2.26. The lowest BCUT2D eigenvalue weighted by atomic mass is 10.1. The first kappa shape index (κ1) is 33.6. The number of allylic oxidation sites excluding steroid dienone is 12. The Kier molecular flexibility index (Phi) is 20.4. The quantitative estimate of drug-likeness (QED) is 0.141. The number of nitrogens with one attached hydrogen (secondary N) is 1. The SMILES string of the molecule is CC/C=C\C/C=C\C/C=C\C/C=C\C/C=C\C/C=C\CCC(=O)N1CCOCC1CNC(=O)/C=C/C(=O)OC. The normalized spacial score (nSPS) is 16.8. The molecule has 1 aliphatic heterocycles. The van der Waals surface area contributed by atoms with Crippen molar-refractivity contribution in [2.24, 2.45) is 0 Å². The number of methoxy groups -OCH3 is 1. The Balaban J connectivity index is 2.19. The number of ether oxygens (including phenoxy) is 2. The van der Waals surface area contributed by atoms with Crippen LogP contribution in [0, 0.1) is 0 Å². The molecule has 0 spiro atoms. The number of carbonyl (C=O) groups is 3. The van der Waals surface area contributed by atoms with Crippen molar-refractivity contribution in [3.63, 3.8) is 0 Å². The van der Waals surface area contributed by atoms with Crippen molar-refractivity contribution < 1.29 is 23.9 Å². The van der Waals surface area contributed by atoms with Gasteiger partial charge in [0.25, 0.3) is 0 Å². The summed E-state index contributed by atoms with van der Waals surface area (Å²) in [5.74, 6) is -0.976. The topological polar surface area (TPSA) is 84.9 Å². The summed E-state index contributed by atoms with van der Waals surface area (Å²) in [7, 11) is 1.24. The van der Waals surface area contributed by atoms with Crippen LogP contribution in [-0.2, 0) is 23.9 Å². The minimum atomic E-state index is -0.600. The molecule has 2 amide bonds. The Morgan fingerprint density at radius 2 is 1.36 bits per heavy atom. The van der Waals surface area contributed by atoms with E-state index in [1.54, 1.807) is 4.90 Å². The molecule has 214 valence electrons. The third kappa shape index (κ3) is 18.4. The molecule has 0 bridgehead atoms. The molecule has 1 N–H and O–H groups in total. The number of amides is 2. The highest BCUT2D eigenvalue weighted by molar-refractivity contribution is 5.94. The van der Waals surface area contributed by atoms with Crippen LogP contribution in [0.2, 0.25) is 0 Å². The van der Waals surface area contributed by atoms with Crippen LogP contribution in [0.1, 0.15) is 58.3 Å². The predicted octanol–water partition coefficient (Wildman–Crippen LogP) is 5.54. The molecule has 0 aromatic heterocycles. The summed E-state index contributed by atoms with van der Waals surface area (Å²) in [4.78, 5) is 37.4. The fraction of sp³-hybridized carbons (Fsp3) is 0.469. The average Bonchev–Trinajstić information content (AvgIpc) is 2.95. The van der Waals surface area contributed by atoms with E-state index in [1.807, 2.05) is 6.08 Å². The first-order valence-electron chi connectivity index (χ1n) is 13.9. The van der Waals surface area contributed by atoms with Crippen LogP contribution >= 0.6 is 0 Å². The van der Waals surface area contributed by atoms with Crippen molar-refractivity contribution in [2.75, 3.05) is 33.4 Å². The third-order valence-electron chi connectivity index (χ3n) is 5.75. The highest BCUT2D eigenvalue weighted by atomic mass is 16.5. The maximum atomic E-state index is 12.7. The zero-order valence-corrected chi connectivity index (χ0v) is 23.6. The molecule has 0 aliphatic carbocycles. The van der Waals surface area contributed by atoms with E-state index in [4.69, 9.17) is 4.74 Å². The zero-order valence-electron chi connectivity index (χ0n) is 23.6. The molecule has 0 saturated carbocycles. The third-order valence-corrected chi connectivity index (χ3v) is 5.75. The second-order valence-electron chi connectivity index (χ2n) is 8.87. The number of esters is 1. The van der Waals surface area contributed by atoms with Crippen LogP contribution in [0.3, 0.4) is 0 Å². The molecular weight excluding hydrogens is 492 g/mol. The molecule has 7 nitrogen and oxygen atoms in total. The van der Waals surface area contributed by atoms with Gasteiger partial charge in [0.1, 0.15) is 0 Å². The number of hydrogen-bond acceptors (Lipinski definition) is 5. The van der Waals surface area contributed by atoms with E-state index >= 15 is 0 Å². The molecule has 0 aromatic carbocycles. The average molecular weight is 539 g/mol. The van der Waals surface area contributed by atoms with Crippen molar-refractivity contribution in [3.8, 4) is 0 Å². The van der Waals surface area contributed by atoms with E-state index in [0.29, 0.717) is 32.6 Å². The number of hydrogen-bond donors (Lipinski definition) is 1. The second-order valence-corrected chi connectivity index (χ2v) is 8.87. The maximum Gasteiger partial charge on any atom is 0.330 e. The van der Waals surface area contributed by atoms with Gasteiger partial charge >= 0.3 is 5.97 Å². The number of morpholine rings is 1. The molecule has 7 heteroatoms. The number of carbonyl (C=O) groups excluding carboxylic acids is 3. The fourth-order valence-corrected chi connectivity index (χ4v) is 3.63. The van der Waals surface area contributed by atoms with Crippen molar-refractivity contribution in [1.82, 2.24) is 10.2 Å². The fourth-order valence-electron chi connectivity index (χ4n) is 3.63. The van der Waals surface area contributed by atoms with Gasteiger partial charge in [0.05, 0.1) is 26.4 Å². The van der Waals surface area contributed by atoms with E-state index in [2.05, 4.69) is 83.8 Å². The van der Waals surface area contributed by atoms with Gasteiger partial charge in [-0.25, -0.2) is 4.79 Å². The summed E-state index contributed by atoms with van der Waals surface area (Å²) in [5.41, 5.74) is 0.